The van der Waals surface area contributed by atoms with Crippen molar-refractivity contribution >= 4 is 6.03 Å². The lowest BCUT2D eigenvalue weighted by atomic mass is 10.0. The molecule has 6 heteroatoms. The quantitative estimate of drug-likeness (QED) is 0.933. The fraction of sp³-hybridized carbons (Fsp3) is 0.444. The van der Waals surface area contributed by atoms with E-state index in [-0.39, 0.29) is 6.03 Å². The molecule has 24 heavy (non-hydrogen) atoms. The molecule has 2 aliphatic rings. The Morgan fingerprint density at radius 2 is 1.92 bits per heavy atom. The zero-order valence-corrected chi connectivity index (χ0v) is 13.8. The number of likely N-dealkylation sites (tertiary alicyclic amines) is 1. The minimum absolute atomic E-state index is 0.114. The first-order valence-corrected chi connectivity index (χ1v) is 8.64. The Bertz CT molecular complexity index is 674. The van der Waals surface area contributed by atoms with Crippen LogP contribution in [0.15, 0.2) is 43.0 Å². The third-order valence-corrected chi connectivity index (χ3v) is 5.03. The first kappa shape index (κ1) is 15.2. The van der Waals surface area contributed by atoms with E-state index < -0.39 is 0 Å². The number of carbonyl (C=O) groups excluding carboxylic acids is 1. The van der Waals surface area contributed by atoms with Crippen LogP contribution in [-0.4, -0.2) is 57.6 Å². The van der Waals surface area contributed by atoms with E-state index in [1.807, 2.05) is 22.0 Å². The number of hydrogen-bond donors (Lipinski definition) is 1. The van der Waals surface area contributed by atoms with E-state index >= 15 is 0 Å². The zero-order chi connectivity index (χ0) is 16.4. The Labute approximate surface area is 142 Å². The van der Waals surface area contributed by atoms with Gasteiger partial charge in [-0.25, -0.2) is 9.78 Å². The molecule has 0 unspecified atom stereocenters. The highest BCUT2D eigenvalue weighted by atomic mass is 16.2. The number of nitrogens with zero attached hydrogens (tertiary/aromatic N) is 4. The van der Waals surface area contributed by atoms with Gasteiger partial charge in [0.2, 0.25) is 0 Å². The highest BCUT2D eigenvalue weighted by Gasteiger charge is 2.30. The molecule has 0 atom stereocenters. The van der Waals surface area contributed by atoms with Crippen LogP contribution in [0, 0.1) is 0 Å². The van der Waals surface area contributed by atoms with Gasteiger partial charge in [0, 0.05) is 56.8 Å². The average Bonchev–Trinajstić information content (AvgIpc) is 3.28. The highest BCUT2D eigenvalue weighted by molar-refractivity contribution is 5.76. The molecule has 1 aromatic carbocycles. The van der Waals surface area contributed by atoms with E-state index in [4.69, 9.17) is 0 Å². The van der Waals surface area contributed by atoms with E-state index in [9.17, 15) is 4.79 Å². The normalized spacial score (nSPS) is 19.7. The minimum Gasteiger partial charge on any atom is -0.336 e. The van der Waals surface area contributed by atoms with Crippen molar-refractivity contribution in [3.63, 3.8) is 0 Å². The van der Waals surface area contributed by atoms with Gasteiger partial charge in [-0.15, -0.1) is 0 Å². The van der Waals surface area contributed by atoms with Crippen molar-refractivity contribution < 1.29 is 4.79 Å². The maximum atomic E-state index is 11.8. The summed E-state index contributed by atoms with van der Waals surface area (Å²) in [5, 5.41) is 2.90. The standard InChI is InChI=1S/C18H23N5O/c24-18-20-8-12-23(18)17-5-9-21(10-6-17)13-15-1-3-16(4-2-15)22-11-7-19-14-22/h1-4,7,11,14,17H,5-6,8-10,12-13H2,(H,20,24). The number of nitrogens with one attached hydrogen (secondary N) is 1. The van der Waals surface area contributed by atoms with Gasteiger partial charge >= 0.3 is 6.03 Å². The second-order valence-electron chi connectivity index (χ2n) is 6.57. The number of amides is 2. The Hall–Kier alpha value is -2.34. The topological polar surface area (TPSA) is 53.4 Å². The molecule has 1 N–H and O–H groups in total. The van der Waals surface area contributed by atoms with Crippen molar-refractivity contribution in [1.29, 1.82) is 0 Å². The van der Waals surface area contributed by atoms with Crippen LogP contribution in [0.5, 0.6) is 0 Å². The molecule has 126 valence electrons. The number of benzene rings is 1. The van der Waals surface area contributed by atoms with Gasteiger partial charge in [0.1, 0.15) is 0 Å². The largest absolute Gasteiger partial charge is 0.336 e. The van der Waals surface area contributed by atoms with Crippen molar-refractivity contribution in [3.05, 3.63) is 48.5 Å². The molecule has 0 saturated carbocycles. The van der Waals surface area contributed by atoms with E-state index in [1.54, 1.807) is 6.20 Å². The predicted octanol–water partition coefficient (Wildman–Crippen LogP) is 1.86. The predicted molar refractivity (Wildman–Crippen MR) is 92.0 cm³/mol. The molecule has 6 nitrogen and oxygen atoms in total. The summed E-state index contributed by atoms with van der Waals surface area (Å²) in [5.74, 6) is 0. The highest BCUT2D eigenvalue weighted by Crippen LogP contribution is 2.20. The van der Waals surface area contributed by atoms with Gasteiger partial charge in [-0.1, -0.05) is 12.1 Å². The summed E-state index contributed by atoms with van der Waals surface area (Å²) in [6.07, 6.45) is 7.70. The van der Waals surface area contributed by atoms with Crippen molar-refractivity contribution in [3.8, 4) is 5.69 Å². The summed E-state index contributed by atoms with van der Waals surface area (Å²) >= 11 is 0. The van der Waals surface area contributed by atoms with Crippen molar-refractivity contribution in [2.45, 2.75) is 25.4 Å². The molecule has 2 aromatic rings. The fourth-order valence-corrected chi connectivity index (χ4v) is 3.67. The van der Waals surface area contributed by atoms with Gasteiger partial charge in [0.05, 0.1) is 6.33 Å². The molecule has 2 amide bonds. The van der Waals surface area contributed by atoms with Crippen molar-refractivity contribution in [2.24, 2.45) is 0 Å². The molecule has 2 fully saturated rings. The number of rotatable bonds is 4. The number of carbonyl (C=O) groups is 1. The number of aromatic nitrogens is 2. The Morgan fingerprint density at radius 3 is 2.54 bits per heavy atom. The van der Waals surface area contributed by atoms with Crippen LogP contribution in [0.4, 0.5) is 4.79 Å². The molecular weight excluding hydrogens is 302 g/mol. The summed E-state index contributed by atoms with van der Waals surface area (Å²) in [6, 6.07) is 9.18. The smallest absolute Gasteiger partial charge is 0.317 e. The molecule has 0 spiro atoms. The van der Waals surface area contributed by atoms with Crippen LogP contribution in [0.1, 0.15) is 18.4 Å². The second kappa shape index (κ2) is 6.65. The van der Waals surface area contributed by atoms with E-state index in [0.717, 1.165) is 51.3 Å². The lowest BCUT2D eigenvalue weighted by molar-refractivity contribution is 0.132. The fourth-order valence-electron chi connectivity index (χ4n) is 3.67. The van der Waals surface area contributed by atoms with Crippen LogP contribution in [0.2, 0.25) is 0 Å². The Balaban J connectivity index is 1.31. The van der Waals surface area contributed by atoms with Crippen LogP contribution in [-0.2, 0) is 6.54 Å². The number of hydrogen-bond acceptors (Lipinski definition) is 3. The summed E-state index contributed by atoms with van der Waals surface area (Å²) in [7, 11) is 0. The number of urea groups is 1. The molecule has 3 heterocycles. The van der Waals surface area contributed by atoms with Gasteiger partial charge in [-0.2, -0.15) is 0 Å². The SMILES string of the molecule is O=C1NCCN1C1CCN(Cc2ccc(-n3ccnc3)cc2)CC1. The van der Waals surface area contributed by atoms with Crippen LogP contribution in [0.3, 0.4) is 0 Å². The summed E-state index contributed by atoms with van der Waals surface area (Å²) in [6.45, 7) is 4.74. The molecular formula is C18H23N5O. The molecule has 0 radical (unpaired) electrons. The van der Waals surface area contributed by atoms with Gasteiger partial charge in [-0.05, 0) is 30.5 Å². The minimum atomic E-state index is 0.114. The van der Waals surface area contributed by atoms with E-state index in [0.29, 0.717) is 6.04 Å². The molecule has 0 bridgehead atoms. The first-order valence-electron chi connectivity index (χ1n) is 8.64. The third kappa shape index (κ3) is 3.14. The monoisotopic (exact) mass is 325 g/mol. The molecule has 1 aromatic heterocycles. The molecule has 2 aliphatic heterocycles. The summed E-state index contributed by atoms with van der Waals surface area (Å²) < 4.78 is 2.01. The van der Waals surface area contributed by atoms with Crippen LogP contribution < -0.4 is 5.32 Å². The van der Waals surface area contributed by atoms with Gasteiger partial charge in [-0.3, -0.25) is 4.90 Å². The lowest BCUT2D eigenvalue weighted by Gasteiger charge is -2.36. The zero-order valence-electron chi connectivity index (χ0n) is 13.8. The molecule has 0 aliphatic carbocycles. The maximum absolute atomic E-state index is 11.8. The van der Waals surface area contributed by atoms with E-state index in [2.05, 4.69) is 39.5 Å². The van der Waals surface area contributed by atoms with E-state index in [1.165, 1.54) is 5.56 Å². The Kier molecular flexibility index (Phi) is 4.21. The van der Waals surface area contributed by atoms with Crippen LogP contribution in [0.25, 0.3) is 5.69 Å². The third-order valence-electron chi connectivity index (χ3n) is 5.03. The maximum Gasteiger partial charge on any atom is 0.317 e. The van der Waals surface area contributed by atoms with Crippen molar-refractivity contribution in [2.75, 3.05) is 26.2 Å². The van der Waals surface area contributed by atoms with Gasteiger partial charge < -0.3 is 14.8 Å². The Morgan fingerprint density at radius 1 is 1.12 bits per heavy atom. The number of piperidine rings is 1. The first-order chi connectivity index (χ1) is 11.8. The van der Waals surface area contributed by atoms with Gasteiger partial charge in [0.15, 0.2) is 0 Å². The molecule has 4 rings (SSSR count). The van der Waals surface area contributed by atoms with Gasteiger partial charge in [0.25, 0.3) is 0 Å². The lowest BCUT2D eigenvalue weighted by Crippen LogP contribution is -2.45. The summed E-state index contributed by atoms with van der Waals surface area (Å²) in [4.78, 5) is 20.3. The molecule has 2 saturated heterocycles. The van der Waals surface area contributed by atoms with Crippen LogP contribution >= 0.6 is 0 Å². The summed E-state index contributed by atoms with van der Waals surface area (Å²) in [5.41, 5.74) is 2.46. The van der Waals surface area contributed by atoms with Crippen molar-refractivity contribution in [1.82, 2.24) is 24.7 Å². The second-order valence-corrected chi connectivity index (χ2v) is 6.57. The number of imidazole rings is 1. The average molecular weight is 325 g/mol.